The van der Waals surface area contributed by atoms with Crippen LogP contribution in [0.25, 0.3) is 0 Å². The maximum absolute atomic E-state index is 13.2. The number of urea groups is 1. The summed E-state index contributed by atoms with van der Waals surface area (Å²) in [5.74, 6) is -2.03. The number of nitrogens with one attached hydrogen (secondary N) is 4. The molecule has 0 saturated carbocycles. The topological polar surface area (TPSA) is 169 Å². The molecule has 0 fully saturated rings. The van der Waals surface area contributed by atoms with E-state index < -0.39 is 41.8 Å². The van der Waals surface area contributed by atoms with E-state index in [2.05, 4.69) is 21.3 Å². The van der Waals surface area contributed by atoms with Crippen LogP contribution in [0, 0.1) is 12.8 Å². The molecule has 0 saturated heterocycles. The summed E-state index contributed by atoms with van der Waals surface area (Å²) in [5, 5.41) is 10.7. The van der Waals surface area contributed by atoms with E-state index in [0.717, 1.165) is 11.1 Å². The summed E-state index contributed by atoms with van der Waals surface area (Å²) >= 11 is 0. The minimum atomic E-state index is -0.953. The summed E-state index contributed by atoms with van der Waals surface area (Å²) in [7, 11) is 0. The van der Waals surface area contributed by atoms with E-state index in [0.29, 0.717) is 17.7 Å². The van der Waals surface area contributed by atoms with Gasteiger partial charge in [-0.25, -0.2) is 4.79 Å². The van der Waals surface area contributed by atoms with Crippen molar-refractivity contribution in [3.8, 4) is 0 Å². The van der Waals surface area contributed by atoms with Crippen LogP contribution in [0.4, 0.5) is 10.5 Å². The van der Waals surface area contributed by atoms with Crippen LogP contribution in [0.2, 0.25) is 0 Å². The average Bonchev–Trinajstić information content (AvgIpc) is 2.88. The van der Waals surface area contributed by atoms with Crippen molar-refractivity contribution in [3.63, 3.8) is 0 Å². The summed E-state index contributed by atoms with van der Waals surface area (Å²) in [5.41, 5.74) is 7.76. The number of carbonyl (C=O) groups excluding carboxylic acids is 5. The first-order valence-corrected chi connectivity index (χ1v) is 12.7. The zero-order valence-electron chi connectivity index (χ0n) is 22.7. The number of amides is 5. The Bertz CT molecular complexity index is 1150. The van der Waals surface area contributed by atoms with Gasteiger partial charge in [0.05, 0.1) is 0 Å². The fourth-order valence-electron chi connectivity index (χ4n) is 3.61. The molecule has 210 valence electrons. The number of anilines is 1. The van der Waals surface area contributed by atoms with E-state index in [1.54, 1.807) is 50.2 Å². The molecule has 2 atom stereocenters. The predicted octanol–water partition coefficient (Wildman–Crippen LogP) is 2.38. The number of ether oxygens (including phenoxy) is 1. The van der Waals surface area contributed by atoms with E-state index >= 15 is 0 Å². The van der Waals surface area contributed by atoms with Gasteiger partial charge in [0.25, 0.3) is 5.91 Å². The third kappa shape index (κ3) is 10.8. The van der Waals surface area contributed by atoms with Crippen LogP contribution < -0.4 is 27.0 Å². The molecular weight excluding hydrogens is 502 g/mol. The largest absolute Gasteiger partial charge is 0.461 e. The zero-order chi connectivity index (χ0) is 28.9. The molecule has 11 heteroatoms. The average molecular weight is 540 g/mol. The Balaban J connectivity index is 2.11. The highest BCUT2D eigenvalue weighted by atomic mass is 16.5. The monoisotopic (exact) mass is 539 g/mol. The Morgan fingerprint density at radius 2 is 1.54 bits per heavy atom. The molecule has 2 rings (SSSR count). The van der Waals surface area contributed by atoms with Gasteiger partial charge in [0.1, 0.15) is 18.7 Å². The number of nitrogens with two attached hydrogens (primary N) is 1. The lowest BCUT2D eigenvalue weighted by Crippen LogP contribution is -2.54. The van der Waals surface area contributed by atoms with Gasteiger partial charge in [-0.05, 0) is 55.5 Å². The van der Waals surface area contributed by atoms with Gasteiger partial charge in [0.2, 0.25) is 11.8 Å². The fourth-order valence-corrected chi connectivity index (χ4v) is 3.61. The molecule has 11 nitrogen and oxygen atoms in total. The Labute approximate surface area is 228 Å². The summed E-state index contributed by atoms with van der Waals surface area (Å²) in [6, 6.07) is 11.2. The molecule has 0 radical (unpaired) electrons. The molecule has 0 aliphatic heterocycles. The Kier molecular flexibility index (Phi) is 11.9. The first kappa shape index (κ1) is 30.8. The minimum Gasteiger partial charge on any atom is -0.461 e. The Morgan fingerprint density at radius 3 is 2.10 bits per heavy atom. The van der Waals surface area contributed by atoms with Crippen LogP contribution in [-0.2, 0) is 25.7 Å². The van der Waals surface area contributed by atoms with E-state index in [4.69, 9.17) is 10.5 Å². The van der Waals surface area contributed by atoms with Crippen LogP contribution in [0.1, 0.15) is 55.1 Å². The van der Waals surface area contributed by atoms with E-state index in [-0.39, 0.29) is 25.5 Å². The highest BCUT2D eigenvalue weighted by Gasteiger charge is 2.29. The lowest BCUT2D eigenvalue weighted by atomic mass is 10.0. The van der Waals surface area contributed by atoms with Crippen LogP contribution in [0.5, 0.6) is 0 Å². The van der Waals surface area contributed by atoms with Crippen LogP contribution in [0.15, 0.2) is 48.5 Å². The highest BCUT2D eigenvalue weighted by molar-refractivity contribution is 6.00. The molecule has 0 aliphatic rings. The first-order chi connectivity index (χ1) is 18.5. The predicted molar refractivity (Wildman–Crippen MR) is 147 cm³/mol. The molecule has 0 bridgehead atoms. The number of rotatable bonds is 13. The van der Waals surface area contributed by atoms with Gasteiger partial charge in [-0.3, -0.25) is 19.2 Å². The third-order valence-corrected chi connectivity index (χ3v) is 5.81. The Hall–Kier alpha value is -4.41. The highest BCUT2D eigenvalue weighted by Crippen LogP contribution is 2.13. The van der Waals surface area contributed by atoms with Gasteiger partial charge in [0.15, 0.2) is 0 Å². The van der Waals surface area contributed by atoms with Gasteiger partial charge >= 0.3 is 12.0 Å². The molecular formula is C28H37N5O6. The van der Waals surface area contributed by atoms with E-state index in [1.165, 1.54) is 6.92 Å². The number of benzene rings is 2. The van der Waals surface area contributed by atoms with Gasteiger partial charge in [-0.1, -0.05) is 43.7 Å². The molecule has 2 aromatic rings. The molecule has 0 aromatic heterocycles. The molecule has 5 amide bonds. The molecule has 0 spiro atoms. The second kappa shape index (κ2) is 15.1. The van der Waals surface area contributed by atoms with Crippen molar-refractivity contribution in [2.24, 2.45) is 11.7 Å². The summed E-state index contributed by atoms with van der Waals surface area (Å²) in [6.07, 6.45) is 0.573. The molecule has 39 heavy (non-hydrogen) atoms. The van der Waals surface area contributed by atoms with Crippen LogP contribution >= 0.6 is 0 Å². The standard InChI is InChI=1S/C28H37N5O6/c1-17(2)24(33-25(35)21-11-7-18(3)8-12-21)27(37)32-23(6-5-15-30-28(29)38)26(36)31-22-13-9-20(10-14-22)16-39-19(4)34/h7-14,17,23-24H,5-6,15-16H2,1-4H3,(H,31,36)(H,32,37)(H,33,35)(H3,29,30,38). The van der Waals surface area contributed by atoms with Crippen molar-refractivity contribution in [1.82, 2.24) is 16.0 Å². The molecule has 0 heterocycles. The fraction of sp³-hybridized carbons (Fsp3) is 0.393. The second-order valence-electron chi connectivity index (χ2n) is 9.52. The SMILES string of the molecule is CC(=O)OCc1ccc(NC(=O)C(CCCNC(N)=O)NC(=O)C(NC(=O)c2ccc(C)cc2)C(C)C)cc1. The quantitative estimate of drug-likeness (QED) is 0.193. The van der Waals surface area contributed by atoms with Crippen LogP contribution in [0.3, 0.4) is 0 Å². The summed E-state index contributed by atoms with van der Waals surface area (Å²) < 4.78 is 4.96. The molecule has 2 aromatic carbocycles. The van der Waals surface area contributed by atoms with E-state index in [9.17, 15) is 24.0 Å². The molecule has 0 aliphatic carbocycles. The maximum atomic E-state index is 13.2. The van der Waals surface area contributed by atoms with Crippen molar-refractivity contribution in [2.45, 2.75) is 59.2 Å². The van der Waals surface area contributed by atoms with Gasteiger partial charge in [-0.2, -0.15) is 0 Å². The number of esters is 1. The Morgan fingerprint density at radius 1 is 0.897 bits per heavy atom. The molecule has 6 N–H and O–H groups in total. The lowest BCUT2D eigenvalue weighted by Gasteiger charge is -2.25. The smallest absolute Gasteiger partial charge is 0.312 e. The van der Waals surface area contributed by atoms with Gasteiger partial charge in [-0.15, -0.1) is 0 Å². The zero-order valence-corrected chi connectivity index (χ0v) is 22.7. The van der Waals surface area contributed by atoms with Gasteiger partial charge in [0, 0.05) is 24.7 Å². The maximum Gasteiger partial charge on any atom is 0.312 e. The molecule has 2 unspecified atom stereocenters. The summed E-state index contributed by atoms with van der Waals surface area (Å²) in [4.78, 5) is 61.2. The third-order valence-electron chi connectivity index (χ3n) is 5.81. The second-order valence-corrected chi connectivity index (χ2v) is 9.52. The number of carbonyl (C=O) groups is 5. The first-order valence-electron chi connectivity index (χ1n) is 12.7. The number of hydrogen-bond acceptors (Lipinski definition) is 6. The number of primary amides is 1. The van der Waals surface area contributed by atoms with Crippen molar-refractivity contribution in [1.29, 1.82) is 0 Å². The van der Waals surface area contributed by atoms with Crippen molar-refractivity contribution in [2.75, 3.05) is 11.9 Å². The van der Waals surface area contributed by atoms with Crippen molar-refractivity contribution in [3.05, 3.63) is 65.2 Å². The van der Waals surface area contributed by atoms with Gasteiger partial charge < -0.3 is 31.7 Å². The number of aryl methyl sites for hydroxylation is 1. The van der Waals surface area contributed by atoms with Crippen molar-refractivity contribution >= 4 is 35.4 Å². The normalized spacial score (nSPS) is 12.1. The summed E-state index contributed by atoms with van der Waals surface area (Å²) in [6.45, 7) is 7.15. The minimum absolute atomic E-state index is 0.111. The van der Waals surface area contributed by atoms with E-state index in [1.807, 2.05) is 19.1 Å². The van der Waals surface area contributed by atoms with Crippen molar-refractivity contribution < 1.29 is 28.7 Å². The lowest BCUT2D eigenvalue weighted by molar-refractivity contribution is -0.142. The number of hydrogen-bond donors (Lipinski definition) is 5. The van der Waals surface area contributed by atoms with Crippen LogP contribution in [-0.4, -0.2) is 48.4 Å².